The molecule has 13 heteroatoms. The second kappa shape index (κ2) is 11.5. The van der Waals surface area contributed by atoms with Gasteiger partial charge in [-0.1, -0.05) is 11.3 Å². The van der Waals surface area contributed by atoms with Gasteiger partial charge in [-0.25, -0.2) is 9.31 Å². The molecule has 6 rings (SSSR count). The maximum Gasteiger partial charge on any atom is 0.410 e. The number of amides is 1. The maximum absolute atomic E-state index is 12.5. The highest BCUT2D eigenvalue weighted by Gasteiger charge is 2.28. The molecule has 4 aromatic heterocycles. The fourth-order valence-electron chi connectivity index (χ4n) is 5.06. The van der Waals surface area contributed by atoms with Crippen LogP contribution >= 0.6 is 11.3 Å². The number of anilines is 2. The minimum absolute atomic E-state index is 0.265. The quantitative estimate of drug-likeness (QED) is 0.357. The van der Waals surface area contributed by atoms with Crippen LogP contribution in [-0.4, -0.2) is 86.8 Å². The molecule has 0 spiro atoms. The fraction of sp³-hybridized carbons (Fsp3) is 0.448. The Bertz CT molecular complexity index is 1620. The van der Waals surface area contributed by atoms with Crippen LogP contribution in [0.2, 0.25) is 0 Å². The summed E-state index contributed by atoms with van der Waals surface area (Å²) in [6, 6.07) is 10.1. The number of nitrogens with one attached hydrogen (secondary N) is 1. The number of carbonyl (C=O) groups excluding carboxylic acids is 1. The zero-order valence-corrected chi connectivity index (χ0v) is 24.7. The van der Waals surface area contributed by atoms with Crippen LogP contribution in [0.4, 0.5) is 15.6 Å². The summed E-state index contributed by atoms with van der Waals surface area (Å²) in [5, 5.41) is 28.1. The minimum Gasteiger partial charge on any atom is -0.444 e. The molecule has 0 atom stereocenters. The number of nitrogens with zero attached hydrogens (tertiary/aromatic N) is 8. The number of hydrogen-bond acceptors (Lipinski definition) is 11. The van der Waals surface area contributed by atoms with Gasteiger partial charge in [0.25, 0.3) is 0 Å². The average Bonchev–Trinajstić information content (AvgIpc) is 3.64. The van der Waals surface area contributed by atoms with E-state index in [9.17, 15) is 10.1 Å². The highest BCUT2D eigenvalue weighted by Crippen LogP contribution is 2.36. The van der Waals surface area contributed by atoms with Gasteiger partial charge in [0.1, 0.15) is 11.7 Å². The first kappa shape index (κ1) is 27.9. The molecule has 0 bridgehead atoms. The molecule has 1 amide bonds. The smallest absolute Gasteiger partial charge is 0.410 e. The van der Waals surface area contributed by atoms with Gasteiger partial charge in [-0.15, -0.1) is 10.2 Å². The highest BCUT2D eigenvalue weighted by molar-refractivity contribution is 7.18. The molecule has 6 heterocycles. The minimum atomic E-state index is -0.519. The standard InChI is InChI=1S/C29H33N9O3S/c1-29(2,3)41-28(39)37-10-8-36(9-11-37)27-35-34-26(42-27)22-18-31-24(15-23(22)33-20-6-12-40-13-7-20)25-5-4-21-14-19(16-30)17-32-38(21)25/h4-5,14-15,17-18,20H,6-13H2,1-3H3,(H,31,33). The Hall–Kier alpha value is -4.28. The number of rotatable bonds is 5. The summed E-state index contributed by atoms with van der Waals surface area (Å²) in [5.41, 5.74) is 4.21. The van der Waals surface area contributed by atoms with E-state index in [1.54, 1.807) is 15.6 Å². The van der Waals surface area contributed by atoms with Crippen LogP contribution in [0.5, 0.6) is 0 Å². The van der Waals surface area contributed by atoms with Crippen LogP contribution in [-0.2, 0) is 9.47 Å². The Morgan fingerprint density at radius 1 is 1.12 bits per heavy atom. The van der Waals surface area contributed by atoms with E-state index < -0.39 is 5.60 Å². The predicted molar refractivity (Wildman–Crippen MR) is 160 cm³/mol. The first-order valence-electron chi connectivity index (χ1n) is 14.1. The molecule has 2 fully saturated rings. The first-order valence-corrected chi connectivity index (χ1v) is 14.9. The average molecular weight is 588 g/mol. The maximum atomic E-state index is 12.5. The summed E-state index contributed by atoms with van der Waals surface area (Å²) in [5.74, 6) is 0. The molecule has 0 saturated carbocycles. The molecule has 2 aliphatic heterocycles. The highest BCUT2D eigenvalue weighted by atomic mass is 32.1. The van der Waals surface area contributed by atoms with Crippen molar-refractivity contribution in [3.05, 3.63) is 42.2 Å². The molecule has 42 heavy (non-hydrogen) atoms. The fourth-order valence-corrected chi connectivity index (χ4v) is 5.98. The normalized spacial score (nSPS) is 16.4. The summed E-state index contributed by atoms with van der Waals surface area (Å²) < 4.78 is 12.9. The number of ether oxygens (including phenoxy) is 2. The lowest BCUT2D eigenvalue weighted by Crippen LogP contribution is -2.50. The monoisotopic (exact) mass is 587 g/mol. The lowest BCUT2D eigenvalue weighted by atomic mass is 10.1. The summed E-state index contributed by atoms with van der Waals surface area (Å²) >= 11 is 1.51. The van der Waals surface area contributed by atoms with E-state index in [0.29, 0.717) is 31.7 Å². The van der Waals surface area contributed by atoms with Gasteiger partial charge in [0, 0.05) is 57.3 Å². The van der Waals surface area contributed by atoms with Crippen molar-refractivity contribution in [2.24, 2.45) is 0 Å². The van der Waals surface area contributed by atoms with Crippen LogP contribution in [0.3, 0.4) is 0 Å². The van der Waals surface area contributed by atoms with Crippen molar-refractivity contribution in [1.82, 2.24) is 29.7 Å². The number of carbonyl (C=O) groups is 1. The molecular formula is C29H33N9O3S. The summed E-state index contributed by atoms with van der Waals surface area (Å²) in [4.78, 5) is 21.2. The van der Waals surface area contributed by atoms with Crippen molar-refractivity contribution in [3.63, 3.8) is 0 Å². The third kappa shape index (κ3) is 6.00. The van der Waals surface area contributed by atoms with E-state index in [0.717, 1.165) is 64.3 Å². The third-order valence-corrected chi connectivity index (χ3v) is 8.24. The molecule has 218 valence electrons. The second-order valence-corrected chi connectivity index (χ2v) is 12.4. The largest absolute Gasteiger partial charge is 0.444 e. The third-order valence-electron chi connectivity index (χ3n) is 7.22. The molecule has 2 saturated heterocycles. The van der Waals surface area contributed by atoms with Crippen molar-refractivity contribution in [2.45, 2.75) is 45.3 Å². The molecule has 1 N–H and O–H groups in total. The Morgan fingerprint density at radius 2 is 1.90 bits per heavy atom. The summed E-state index contributed by atoms with van der Waals surface area (Å²) in [7, 11) is 0. The van der Waals surface area contributed by atoms with E-state index in [4.69, 9.17) is 14.5 Å². The van der Waals surface area contributed by atoms with Gasteiger partial charge in [0.05, 0.1) is 34.2 Å². The number of nitriles is 1. The topological polar surface area (TPSA) is 134 Å². The van der Waals surface area contributed by atoms with Crippen LogP contribution in [0.15, 0.2) is 36.7 Å². The number of fused-ring (bicyclic) bond motifs is 1. The van der Waals surface area contributed by atoms with Gasteiger partial charge in [0.2, 0.25) is 5.13 Å². The van der Waals surface area contributed by atoms with Crippen molar-refractivity contribution < 1.29 is 14.3 Å². The van der Waals surface area contributed by atoms with Gasteiger partial charge in [-0.2, -0.15) is 10.4 Å². The van der Waals surface area contributed by atoms with Gasteiger partial charge in [-0.3, -0.25) is 4.98 Å². The molecule has 2 aliphatic rings. The van der Waals surface area contributed by atoms with E-state index in [2.05, 4.69) is 31.6 Å². The summed E-state index contributed by atoms with van der Waals surface area (Å²) in [6.45, 7) is 9.49. The van der Waals surface area contributed by atoms with Gasteiger partial charge in [0.15, 0.2) is 5.01 Å². The van der Waals surface area contributed by atoms with Crippen molar-refractivity contribution in [1.29, 1.82) is 5.26 Å². The van der Waals surface area contributed by atoms with Crippen molar-refractivity contribution >= 4 is 33.8 Å². The van der Waals surface area contributed by atoms with Crippen LogP contribution < -0.4 is 10.2 Å². The SMILES string of the molecule is CC(C)(C)OC(=O)N1CCN(c2nnc(-c3cnc(-c4ccc5cc(C#N)cnn45)cc3NC3CCOCC3)s2)CC1. The Kier molecular flexibility index (Phi) is 7.66. The van der Waals surface area contributed by atoms with E-state index in [-0.39, 0.29) is 12.1 Å². The molecule has 0 unspecified atom stereocenters. The second-order valence-electron chi connectivity index (χ2n) is 11.4. The van der Waals surface area contributed by atoms with E-state index in [1.807, 2.05) is 51.2 Å². The first-order chi connectivity index (χ1) is 20.3. The number of piperazine rings is 1. The molecular weight excluding hydrogens is 554 g/mol. The van der Waals surface area contributed by atoms with Gasteiger partial charge >= 0.3 is 6.09 Å². The van der Waals surface area contributed by atoms with Gasteiger partial charge in [-0.05, 0) is 57.9 Å². The van der Waals surface area contributed by atoms with Crippen LogP contribution in [0.1, 0.15) is 39.2 Å². The van der Waals surface area contributed by atoms with E-state index in [1.165, 1.54) is 11.3 Å². The van der Waals surface area contributed by atoms with Gasteiger partial charge < -0.3 is 24.6 Å². The van der Waals surface area contributed by atoms with Crippen molar-refractivity contribution in [3.8, 4) is 28.0 Å². The molecule has 0 aromatic carbocycles. The van der Waals surface area contributed by atoms with Crippen LogP contribution in [0, 0.1) is 11.3 Å². The lowest BCUT2D eigenvalue weighted by Gasteiger charge is -2.35. The van der Waals surface area contributed by atoms with Crippen LogP contribution in [0.25, 0.3) is 27.5 Å². The molecule has 4 aromatic rings. The van der Waals surface area contributed by atoms with Crippen molar-refractivity contribution in [2.75, 3.05) is 49.6 Å². The Morgan fingerprint density at radius 3 is 2.64 bits per heavy atom. The van der Waals surface area contributed by atoms with E-state index >= 15 is 0 Å². The predicted octanol–water partition coefficient (Wildman–Crippen LogP) is 4.43. The number of aromatic nitrogens is 5. The Labute approximate surface area is 247 Å². The zero-order chi connectivity index (χ0) is 29.3. The zero-order valence-electron chi connectivity index (χ0n) is 23.9. The number of pyridine rings is 1. The Balaban J connectivity index is 1.25. The lowest BCUT2D eigenvalue weighted by molar-refractivity contribution is 0.0240. The molecule has 12 nitrogen and oxygen atoms in total. The molecule has 0 radical (unpaired) electrons. The summed E-state index contributed by atoms with van der Waals surface area (Å²) in [6.07, 6.45) is 4.93. The number of hydrogen-bond donors (Lipinski definition) is 1. The molecule has 0 aliphatic carbocycles.